The molecule has 0 aromatic heterocycles. The number of fused-ring (bicyclic) bond motifs is 3. The van der Waals surface area contributed by atoms with Crippen LogP contribution in [0.25, 0.3) is 0 Å². The minimum Gasteiger partial charge on any atom is -0.457 e. The van der Waals surface area contributed by atoms with Gasteiger partial charge in [0.05, 0.1) is 18.1 Å². The van der Waals surface area contributed by atoms with Gasteiger partial charge in [-0.05, 0) is 60.9 Å². The van der Waals surface area contributed by atoms with Crippen molar-refractivity contribution >= 4 is 29.7 Å². The fourth-order valence-corrected chi connectivity index (χ4v) is 5.40. The van der Waals surface area contributed by atoms with E-state index in [1.807, 2.05) is 69.4 Å². The average Bonchev–Trinajstić information content (AvgIpc) is 3.34. The number of hydrogen-bond donors (Lipinski definition) is 0. The maximum Gasteiger partial charge on any atom is 0.249 e. The number of aliphatic imine (C=N–C) groups is 2. The molecule has 0 spiro atoms. The van der Waals surface area contributed by atoms with Crippen LogP contribution in [0.2, 0.25) is 0 Å². The van der Waals surface area contributed by atoms with Gasteiger partial charge >= 0.3 is 0 Å². The summed E-state index contributed by atoms with van der Waals surface area (Å²) in [6.07, 6.45) is 4.97. The van der Waals surface area contributed by atoms with Crippen molar-refractivity contribution in [2.45, 2.75) is 31.5 Å². The topological polar surface area (TPSA) is 90.2 Å². The number of likely N-dealkylation sites (tertiary alicyclic amines) is 1. The molecule has 6 rings (SSSR count). The fraction of sp³-hybridized carbons (Fsp3) is 0.321. The Bertz CT molecular complexity index is 1300. The number of para-hydroxylation sites is 1. The van der Waals surface area contributed by atoms with Crippen LogP contribution in [0.3, 0.4) is 0 Å². The minimum absolute atomic E-state index is 0.00642. The van der Waals surface area contributed by atoms with Crippen LogP contribution in [0.4, 0.5) is 0 Å². The summed E-state index contributed by atoms with van der Waals surface area (Å²) in [5.41, 5.74) is 1.74. The van der Waals surface area contributed by atoms with Gasteiger partial charge in [-0.1, -0.05) is 24.8 Å². The van der Waals surface area contributed by atoms with E-state index in [9.17, 15) is 9.59 Å². The third-order valence-electron chi connectivity index (χ3n) is 7.21. The normalized spacial score (nSPS) is 24.7. The smallest absolute Gasteiger partial charge is 0.249 e. The molecule has 2 aromatic rings. The molecule has 3 atom stereocenters. The van der Waals surface area contributed by atoms with Gasteiger partial charge in [-0.15, -0.1) is 0 Å². The van der Waals surface area contributed by atoms with Crippen molar-refractivity contribution in [3.05, 3.63) is 72.8 Å². The molecule has 188 valence electrons. The monoisotopic (exact) mass is 496 g/mol. The van der Waals surface area contributed by atoms with Crippen LogP contribution in [0.5, 0.6) is 11.5 Å². The molecule has 9 heteroatoms. The second-order valence-corrected chi connectivity index (χ2v) is 9.55. The van der Waals surface area contributed by atoms with Crippen LogP contribution in [-0.4, -0.2) is 76.4 Å². The Hall–Kier alpha value is -4.27. The second kappa shape index (κ2) is 9.65. The molecule has 37 heavy (non-hydrogen) atoms. The van der Waals surface area contributed by atoms with E-state index in [0.717, 1.165) is 35.6 Å². The van der Waals surface area contributed by atoms with E-state index < -0.39 is 0 Å². The summed E-state index contributed by atoms with van der Waals surface area (Å²) < 4.78 is 5.97. The maximum absolute atomic E-state index is 12.3. The van der Waals surface area contributed by atoms with E-state index in [-0.39, 0.29) is 29.9 Å². The standard InChI is InChI=1S/C28H28N6O3/c1-2-24(36)32-15-6-7-20(17-32)34-27-25(28-30-23(35)14-16-33(28)18-29-27)26(31-34)19-10-12-22(13-11-19)37-21-8-4-3-5-9-21/h2-5,8-13,18,20,25,27H,1,6-7,14-17H2/t20-,25?,27?/m1/s1. The highest BCUT2D eigenvalue weighted by molar-refractivity contribution is 6.20. The van der Waals surface area contributed by atoms with E-state index in [1.165, 1.54) is 6.08 Å². The molecule has 0 aliphatic carbocycles. The lowest BCUT2D eigenvalue weighted by Crippen LogP contribution is -2.55. The number of carbonyl (C=O) groups is 2. The van der Waals surface area contributed by atoms with Crippen LogP contribution in [0, 0.1) is 5.92 Å². The Morgan fingerprint density at radius 2 is 1.84 bits per heavy atom. The Morgan fingerprint density at radius 3 is 2.62 bits per heavy atom. The number of piperidine rings is 1. The van der Waals surface area contributed by atoms with Crippen molar-refractivity contribution < 1.29 is 14.3 Å². The molecule has 2 amide bonds. The summed E-state index contributed by atoms with van der Waals surface area (Å²) in [7, 11) is 0. The van der Waals surface area contributed by atoms with Gasteiger partial charge in [-0.25, -0.2) is 4.99 Å². The van der Waals surface area contributed by atoms with Gasteiger partial charge in [0, 0.05) is 26.1 Å². The summed E-state index contributed by atoms with van der Waals surface area (Å²) in [5.74, 6) is 1.71. The summed E-state index contributed by atoms with van der Waals surface area (Å²) in [6, 6.07) is 17.5. The zero-order valence-corrected chi connectivity index (χ0v) is 20.4. The Morgan fingerprint density at radius 1 is 1.05 bits per heavy atom. The van der Waals surface area contributed by atoms with Gasteiger partial charge in [0.15, 0.2) is 6.17 Å². The number of hydrazone groups is 1. The third kappa shape index (κ3) is 4.41. The first-order chi connectivity index (χ1) is 18.1. The predicted molar refractivity (Wildman–Crippen MR) is 141 cm³/mol. The van der Waals surface area contributed by atoms with Crippen LogP contribution in [-0.2, 0) is 9.59 Å². The molecule has 0 bridgehead atoms. The first-order valence-electron chi connectivity index (χ1n) is 12.6. The van der Waals surface area contributed by atoms with Crippen molar-refractivity contribution in [1.29, 1.82) is 0 Å². The SMILES string of the molecule is C=CC(=O)N1CCC[C@@H](N2N=C(c3ccc(Oc4ccccc4)cc3)C3C4=NC(=O)CCN4C=NC32)C1. The van der Waals surface area contributed by atoms with Crippen LogP contribution >= 0.6 is 0 Å². The van der Waals surface area contributed by atoms with Gasteiger partial charge in [0.25, 0.3) is 0 Å². The van der Waals surface area contributed by atoms with Crippen molar-refractivity contribution in [2.24, 2.45) is 21.0 Å². The van der Waals surface area contributed by atoms with Crippen molar-refractivity contribution in [2.75, 3.05) is 19.6 Å². The largest absolute Gasteiger partial charge is 0.457 e. The van der Waals surface area contributed by atoms with Crippen LogP contribution < -0.4 is 4.74 Å². The number of hydrogen-bond acceptors (Lipinski definition) is 7. The maximum atomic E-state index is 12.3. The zero-order valence-electron chi connectivity index (χ0n) is 20.4. The summed E-state index contributed by atoms with van der Waals surface area (Å²) in [6.45, 7) is 5.47. The average molecular weight is 497 g/mol. The van der Waals surface area contributed by atoms with Crippen molar-refractivity contribution in [3.63, 3.8) is 0 Å². The van der Waals surface area contributed by atoms with E-state index >= 15 is 0 Å². The van der Waals surface area contributed by atoms with Crippen LogP contribution in [0.15, 0.2) is 82.3 Å². The number of ether oxygens (including phenoxy) is 1. The number of carbonyl (C=O) groups excluding carboxylic acids is 2. The number of amidine groups is 1. The molecule has 4 aliphatic heterocycles. The predicted octanol–water partition coefficient (Wildman–Crippen LogP) is 3.29. The fourth-order valence-electron chi connectivity index (χ4n) is 5.40. The van der Waals surface area contributed by atoms with Gasteiger partial charge < -0.3 is 14.5 Å². The van der Waals surface area contributed by atoms with Crippen molar-refractivity contribution in [1.82, 2.24) is 14.8 Å². The molecule has 0 radical (unpaired) electrons. The summed E-state index contributed by atoms with van der Waals surface area (Å²) in [4.78, 5) is 37.7. The molecule has 1 saturated heterocycles. The molecular weight excluding hydrogens is 468 g/mol. The number of benzene rings is 2. The molecule has 4 heterocycles. The zero-order chi connectivity index (χ0) is 25.4. The molecule has 4 aliphatic rings. The van der Waals surface area contributed by atoms with E-state index in [2.05, 4.69) is 11.6 Å². The first kappa shape index (κ1) is 23.1. The van der Waals surface area contributed by atoms with E-state index in [0.29, 0.717) is 31.9 Å². The Labute approximate surface area is 215 Å². The van der Waals surface area contributed by atoms with E-state index in [4.69, 9.17) is 14.8 Å². The molecule has 2 aromatic carbocycles. The Kier molecular flexibility index (Phi) is 6.04. The molecule has 2 unspecified atom stereocenters. The molecule has 1 fully saturated rings. The van der Waals surface area contributed by atoms with E-state index in [1.54, 1.807) is 6.34 Å². The van der Waals surface area contributed by atoms with Gasteiger partial charge in [-0.3, -0.25) is 14.6 Å². The van der Waals surface area contributed by atoms with Crippen LogP contribution in [0.1, 0.15) is 24.8 Å². The minimum atomic E-state index is -0.320. The molecule has 9 nitrogen and oxygen atoms in total. The highest BCUT2D eigenvalue weighted by Gasteiger charge is 2.48. The highest BCUT2D eigenvalue weighted by atomic mass is 16.5. The van der Waals surface area contributed by atoms with Gasteiger partial charge in [-0.2, -0.15) is 10.1 Å². The molecule has 0 saturated carbocycles. The lowest BCUT2D eigenvalue weighted by molar-refractivity contribution is -0.128. The highest BCUT2D eigenvalue weighted by Crippen LogP contribution is 2.36. The molecular formula is C28H28N6O3. The number of amides is 2. The van der Waals surface area contributed by atoms with Gasteiger partial charge in [0.2, 0.25) is 11.8 Å². The summed E-state index contributed by atoms with van der Waals surface area (Å²) >= 11 is 0. The third-order valence-corrected chi connectivity index (χ3v) is 7.21. The van der Waals surface area contributed by atoms with Gasteiger partial charge in [0.1, 0.15) is 23.3 Å². The Balaban J connectivity index is 1.34. The first-order valence-corrected chi connectivity index (χ1v) is 12.6. The van der Waals surface area contributed by atoms with Crippen molar-refractivity contribution in [3.8, 4) is 11.5 Å². The lowest BCUT2D eigenvalue weighted by atomic mass is 9.91. The second-order valence-electron chi connectivity index (χ2n) is 9.55. The summed E-state index contributed by atoms with van der Waals surface area (Å²) in [5, 5.41) is 7.11. The quantitative estimate of drug-likeness (QED) is 0.593. The number of rotatable bonds is 5. The molecule has 0 N–H and O–H groups in total. The number of nitrogens with zero attached hydrogens (tertiary/aromatic N) is 6. The lowest BCUT2D eigenvalue weighted by Gasteiger charge is -2.41.